The molecule has 6 nitrogen and oxygen atoms in total. The van der Waals surface area contributed by atoms with Gasteiger partial charge in [0.1, 0.15) is 23.2 Å². The van der Waals surface area contributed by atoms with Gasteiger partial charge in [0.05, 0.1) is 25.2 Å². The number of carbonyl (C=O) groups is 1. The molecule has 0 amide bonds. The Balaban J connectivity index is 2.71. The summed E-state index contributed by atoms with van der Waals surface area (Å²) < 4.78 is 15.9. The van der Waals surface area contributed by atoms with Gasteiger partial charge in [-0.25, -0.2) is 4.79 Å². The van der Waals surface area contributed by atoms with E-state index in [1.54, 1.807) is 21.0 Å². The zero-order valence-electron chi connectivity index (χ0n) is 15.1. The summed E-state index contributed by atoms with van der Waals surface area (Å²) in [5.74, 6) is -0.0681. The molecule has 1 aliphatic heterocycles. The normalized spacial score (nSPS) is 17.0. The maximum Gasteiger partial charge on any atom is 0.338 e. The highest BCUT2D eigenvalue weighted by Crippen LogP contribution is 2.42. The molecule has 1 aromatic rings. The number of hydrogen-bond donors (Lipinski definition) is 1. The SMILES string of the molecule is CCOC(=O)C1=C(C)OC(N)=C(C#N)[C@H]1c1cc(C)c(OC)cc1C. The fourth-order valence-electron chi connectivity index (χ4n) is 3.01. The minimum atomic E-state index is -0.637. The second kappa shape index (κ2) is 7.31. The second-order valence-electron chi connectivity index (χ2n) is 5.79. The minimum absolute atomic E-state index is 0.00548. The van der Waals surface area contributed by atoms with Gasteiger partial charge in [0.25, 0.3) is 0 Å². The molecule has 2 N–H and O–H groups in total. The first-order chi connectivity index (χ1) is 11.8. The summed E-state index contributed by atoms with van der Waals surface area (Å²) >= 11 is 0. The van der Waals surface area contributed by atoms with Crippen LogP contribution in [0.25, 0.3) is 0 Å². The van der Waals surface area contributed by atoms with Crippen LogP contribution in [0.3, 0.4) is 0 Å². The molecule has 25 heavy (non-hydrogen) atoms. The van der Waals surface area contributed by atoms with Gasteiger partial charge in [0, 0.05) is 0 Å². The van der Waals surface area contributed by atoms with E-state index in [0.29, 0.717) is 11.3 Å². The van der Waals surface area contributed by atoms with Crippen LogP contribution in [0.1, 0.15) is 36.5 Å². The Labute approximate surface area is 147 Å². The van der Waals surface area contributed by atoms with Crippen LogP contribution in [-0.4, -0.2) is 19.7 Å². The van der Waals surface area contributed by atoms with Crippen molar-refractivity contribution in [3.63, 3.8) is 0 Å². The van der Waals surface area contributed by atoms with E-state index in [1.165, 1.54) is 0 Å². The average molecular weight is 342 g/mol. The van der Waals surface area contributed by atoms with Crippen molar-refractivity contribution in [2.45, 2.75) is 33.6 Å². The molecule has 0 unspecified atom stereocenters. The Kier molecular flexibility index (Phi) is 5.38. The molecule has 1 heterocycles. The summed E-state index contributed by atoms with van der Waals surface area (Å²) in [5.41, 5.74) is 8.97. The highest BCUT2D eigenvalue weighted by atomic mass is 16.5. The Morgan fingerprint density at radius 2 is 2.00 bits per heavy atom. The van der Waals surface area contributed by atoms with Crippen molar-refractivity contribution in [3.8, 4) is 11.8 Å². The lowest BCUT2D eigenvalue weighted by Crippen LogP contribution is -2.26. The highest BCUT2D eigenvalue weighted by molar-refractivity contribution is 5.92. The third-order valence-electron chi connectivity index (χ3n) is 4.20. The monoisotopic (exact) mass is 342 g/mol. The van der Waals surface area contributed by atoms with E-state index in [0.717, 1.165) is 22.4 Å². The van der Waals surface area contributed by atoms with Gasteiger partial charge >= 0.3 is 5.97 Å². The fourth-order valence-corrected chi connectivity index (χ4v) is 3.01. The molecular weight excluding hydrogens is 320 g/mol. The molecule has 0 radical (unpaired) electrons. The van der Waals surface area contributed by atoms with Crippen molar-refractivity contribution in [1.82, 2.24) is 0 Å². The zero-order valence-corrected chi connectivity index (χ0v) is 15.1. The predicted molar refractivity (Wildman–Crippen MR) is 92.5 cm³/mol. The standard InChI is InChI=1S/C19H22N2O4/c1-6-24-19(22)16-12(4)25-18(21)14(9-20)17(16)13-7-11(3)15(23-5)8-10(13)2/h7-8,17H,6,21H2,1-5H3/t17-/m1/s1. The first-order valence-electron chi connectivity index (χ1n) is 7.96. The maximum absolute atomic E-state index is 12.5. The van der Waals surface area contributed by atoms with Crippen LogP contribution in [0.2, 0.25) is 0 Å². The van der Waals surface area contributed by atoms with E-state index in [1.807, 2.05) is 26.0 Å². The van der Waals surface area contributed by atoms with Crippen molar-refractivity contribution in [1.29, 1.82) is 5.26 Å². The third kappa shape index (κ3) is 3.31. The lowest BCUT2D eigenvalue weighted by atomic mass is 9.80. The van der Waals surface area contributed by atoms with Gasteiger partial charge in [-0.1, -0.05) is 6.07 Å². The molecule has 0 spiro atoms. The Hall–Kier alpha value is -2.94. The van der Waals surface area contributed by atoms with E-state index in [4.69, 9.17) is 19.9 Å². The largest absolute Gasteiger partial charge is 0.496 e. The van der Waals surface area contributed by atoms with Crippen LogP contribution < -0.4 is 10.5 Å². The number of nitrogens with two attached hydrogens (primary N) is 1. The third-order valence-corrected chi connectivity index (χ3v) is 4.20. The molecule has 0 aliphatic carbocycles. The van der Waals surface area contributed by atoms with E-state index in [2.05, 4.69) is 6.07 Å². The number of nitrogens with zero attached hydrogens (tertiary/aromatic N) is 1. The molecule has 1 aliphatic rings. The van der Waals surface area contributed by atoms with Crippen LogP contribution in [0, 0.1) is 25.2 Å². The summed E-state index contributed by atoms with van der Waals surface area (Å²) in [6.45, 7) is 7.40. The number of hydrogen-bond acceptors (Lipinski definition) is 6. The van der Waals surface area contributed by atoms with Crippen LogP contribution in [0.4, 0.5) is 0 Å². The number of carbonyl (C=O) groups excluding carboxylic acids is 1. The molecule has 1 aromatic carbocycles. The van der Waals surface area contributed by atoms with Gasteiger partial charge in [-0.2, -0.15) is 5.26 Å². The second-order valence-corrected chi connectivity index (χ2v) is 5.79. The van der Waals surface area contributed by atoms with Crippen LogP contribution in [0.15, 0.2) is 34.9 Å². The molecule has 0 aromatic heterocycles. The van der Waals surface area contributed by atoms with Crippen molar-refractivity contribution in [2.24, 2.45) is 5.73 Å². The van der Waals surface area contributed by atoms with Gasteiger partial charge in [0.2, 0.25) is 5.88 Å². The highest BCUT2D eigenvalue weighted by Gasteiger charge is 2.37. The Morgan fingerprint density at radius 3 is 2.56 bits per heavy atom. The van der Waals surface area contributed by atoms with Gasteiger partial charge in [-0.15, -0.1) is 0 Å². The number of ether oxygens (including phenoxy) is 3. The van der Waals surface area contributed by atoms with E-state index in [-0.39, 0.29) is 18.1 Å². The number of nitriles is 1. The number of rotatable bonds is 4. The van der Waals surface area contributed by atoms with Gasteiger partial charge in [0.15, 0.2) is 0 Å². The zero-order chi connectivity index (χ0) is 18.7. The summed E-state index contributed by atoms with van der Waals surface area (Å²) in [7, 11) is 1.60. The average Bonchev–Trinajstić information content (AvgIpc) is 2.56. The molecule has 0 fully saturated rings. The van der Waals surface area contributed by atoms with Gasteiger partial charge < -0.3 is 19.9 Å². The summed E-state index contributed by atoms with van der Waals surface area (Å²) in [4.78, 5) is 12.5. The van der Waals surface area contributed by atoms with Crippen molar-refractivity contribution >= 4 is 5.97 Å². The maximum atomic E-state index is 12.5. The molecule has 1 atom stereocenters. The number of benzene rings is 1. The quantitative estimate of drug-likeness (QED) is 0.845. The topological polar surface area (TPSA) is 94.6 Å². The summed E-state index contributed by atoms with van der Waals surface area (Å²) in [5, 5.41) is 9.60. The van der Waals surface area contributed by atoms with Crippen LogP contribution in [0.5, 0.6) is 5.75 Å². The number of esters is 1. The van der Waals surface area contributed by atoms with Crippen LogP contribution >= 0.6 is 0 Å². The lowest BCUT2D eigenvalue weighted by Gasteiger charge is -2.28. The van der Waals surface area contributed by atoms with Crippen LogP contribution in [-0.2, 0) is 14.3 Å². The fraction of sp³-hybridized carbons (Fsp3) is 0.368. The summed E-state index contributed by atoms with van der Waals surface area (Å²) in [6.07, 6.45) is 0. The van der Waals surface area contributed by atoms with Crippen molar-refractivity contribution < 1.29 is 19.0 Å². The minimum Gasteiger partial charge on any atom is -0.496 e. The first kappa shape index (κ1) is 18.4. The Bertz CT molecular complexity index is 815. The van der Waals surface area contributed by atoms with Crippen molar-refractivity contribution in [3.05, 3.63) is 51.6 Å². The first-order valence-corrected chi connectivity index (χ1v) is 7.96. The molecule has 132 valence electrons. The molecule has 0 saturated heterocycles. The van der Waals surface area contributed by atoms with Gasteiger partial charge in [-0.3, -0.25) is 0 Å². The molecule has 0 saturated carbocycles. The van der Waals surface area contributed by atoms with Gasteiger partial charge in [-0.05, 0) is 50.5 Å². The summed E-state index contributed by atoms with van der Waals surface area (Å²) in [6, 6.07) is 5.86. The molecule has 0 bridgehead atoms. The molecule has 2 rings (SSSR count). The number of aryl methyl sites for hydroxylation is 2. The van der Waals surface area contributed by atoms with E-state index >= 15 is 0 Å². The van der Waals surface area contributed by atoms with E-state index < -0.39 is 11.9 Å². The smallest absolute Gasteiger partial charge is 0.338 e. The number of methoxy groups -OCH3 is 1. The lowest BCUT2D eigenvalue weighted by molar-refractivity contribution is -0.139. The number of allylic oxidation sites excluding steroid dienone is 2. The van der Waals surface area contributed by atoms with Crippen molar-refractivity contribution in [2.75, 3.05) is 13.7 Å². The Morgan fingerprint density at radius 1 is 1.32 bits per heavy atom. The predicted octanol–water partition coefficient (Wildman–Crippen LogP) is 2.96. The molecule has 6 heteroatoms. The van der Waals surface area contributed by atoms with E-state index in [9.17, 15) is 10.1 Å². The molecular formula is C19H22N2O4.